The maximum atomic E-state index is 12.5. The Kier molecular flexibility index (Phi) is 5.56. The lowest BCUT2D eigenvalue weighted by Crippen LogP contribution is -2.36. The Morgan fingerprint density at radius 1 is 1.35 bits per heavy atom. The van der Waals surface area contributed by atoms with Crippen molar-refractivity contribution in [3.8, 4) is 0 Å². The zero-order valence-electron chi connectivity index (χ0n) is 11.6. The number of carbonyl (C=O) groups is 1. The highest BCUT2D eigenvalue weighted by atomic mass is 35.5. The van der Waals surface area contributed by atoms with Crippen LogP contribution >= 0.6 is 11.6 Å². The standard InChI is InChI=1S/C13H18ClNO4S/c1-4-9(5-2)15(3)20(18,19)10-6-7-12(14)11(8-10)13(16)17/h6-9H,4-5H2,1-3H3,(H,16,17). The van der Waals surface area contributed by atoms with E-state index in [-0.39, 0.29) is 21.5 Å². The normalized spacial score (nSPS) is 12.1. The average molecular weight is 320 g/mol. The SMILES string of the molecule is CCC(CC)N(C)S(=O)(=O)c1ccc(Cl)c(C(=O)O)c1. The van der Waals surface area contributed by atoms with Gasteiger partial charge in [0.2, 0.25) is 10.0 Å². The summed E-state index contributed by atoms with van der Waals surface area (Å²) in [5, 5.41) is 9.02. The van der Waals surface area contributed by atoms with Gasteiger partial charge >= 0.3 is 5.97 Å². The second-order valence-electron chi connectivity index (χ2n) is 4.44. The molecular weight excluding hydrogens is 302 g/mol. The number of halogens is 1. The minimum absolute atomic E-state index is 0.0154. The molecule has 0 aliphatic carbocycles. The van der Waals surface area contributed by atoms with E-state index in [1.807, 2.05) is 13.8 Å². The maximum absolute atomic E-state index is 12.5. The summed E-state index contributed by atoms with van der Waals surface area (Å²) in [4.78, 5) is 11.0. The Labute approximate surface area is 124 Å². The van der Waals surface area contributed by atoms with Crippen molar-refractivity contribution in [2.45, 2.75) is 37.6 Å². The fraction of sp³-hybridized carbons (Fsp3) is 0.462. The lowest BCUT2D eigenvalue weighted by atomic mass is 10.2. The average Bonchev–Trinajstić information content (AvgIpc) is 2.39. The molecular formula is C13H18ClNO4S. The topological polar surface area (TPSA) is 74.7 Å². The largest absolute Gasteiger partial charge is 0.478 e. The summed E-state index contributed by atoms with van der Waals surface area (Å²) < 4.78 is 26.2. The molecule has 1 N–H and O–H groups in total. The monoisotopic (exact) mass is 319 g/mol. The Balaban J connectivity index is 3.29. The van der Waals surface area contributed by atoms with Gasteiger partial charge in [0.25, 0.3) is 0 Å². The van der Waals surface area contributed by atoms with Crippen LogP contribution in [0.5, 0.6) is 0 Å². The molecule has 0 atom stereocenters. The van der Waals surface area contributed by atoms with E-state index in [4.69, 9.17) is 16.7 Å². The summed E-state index contributed by atoms with van der Waals surface area (Å²) in [6, 6.07) is 3.59. The van der Waals surface area contributed by atoms with Crippen molar-refractivity contribution < 1.29 is 18.3 Å². The quantitative estimate of drug-likeness (QED) is 0.875. The molecule has 0 amide bonds. The van der Waals surface area contributed by atoms with Crippen LogP contribution in [0.2, 0.25) is 5.02 Å². The molecule has 0 heterocycles. The second kappa shape index (κ2) is 6.56. The molecule has 0 saturated heterocycles. The van der Waals surface area contributed by atoms with Gasteiger partial charge in [0.05, 0.1) is 15.5 Å². The third-order valence-corrected chi connectivity index (χ3v) is 5.54. The van der Waals surface area contributed by atoms with E-state index in [0.29, 0.717) is 12.8 Å². The van der Waals surface area contributed by atoms with Gasteiger partial charge in [0.15, 0.2) is 0 Å². The number of carboxylic acids is 1. The molecule has 20 heavy (non-hydrogen) atoms. The predicted octanol–water partition coefficient (Wildman–Crippen LogP) is 2.85. The molecule has 0 fully saturated rings. The number of nitrogens with zero attached hydrogens (tertiary/aromatic N) is 1. The zero-order chi connectivity index (χ0) is 15.5. The molecule has 0 bridgehead atoms. The number of benzene rings is 1. The third kappa shape index (κ3) is 3.31. The smallest absolute Gasteiger partial charge is 0.337 e. The minimum Gasteiger partial charge on any atom is -0.478 e. The highest BCUT2D eigenvalue weighted by Crippen LogP contribution is 2.24. The zero-order valence-corrected chi connectivity index (χ0v) is 13.2. The van der Waals surface area contributed by atoms with Crippen LogP contribution in [-0.2, 0) is 10.0 Å². The molecule has 0 aliphatic rings. The number of rotatable bonds is 6. The summed E-state index contributed by atoms with van der Waals surface area (Å²) >= 11 is 5.75. The van der Waals surface area contributed by atoms with Gasteiger partial charge in [0.1, 0.15) is 0 Å². The summed E-state index contributed by atoms with van der Waals surface area (Å²) in [5.74, 6) is -1.25. The van der Waals surface area contributed by atoms with Crippen molar-refractivity contribution in [3.05, 3.63) is 28.8 Å². The molecule has 1 aromatic rings. The number of sulfonamides is 1. The van der Waals surface area contributed by atoms with Gasteiger partial charge in [-0.15, -0.1) is 0 Å². The van der Waals surface area contributed by atoms with Crippen molar-refractivity contribution in [1.82, 2.24) is 4.31 Å². The molecule has 0 unspecified atom stereocenters. The van der Waals surface area contributed by atoms with Gasteiger partial charge in [-0.2, -0.15) is 4.31 Å². The Morgan fingerprint density at radius 2 is 1.90 bits per heavy atom. The van der Waals surface area contributed by atoms with Gasteiger partial charge in [-0.05, 0) is 31.0 Å². The summed E-state index contributed by atoms with van der Waals surface area (Å²) in [7, 11) is -2.22. The first-order valence-electron chi connectivity index (χ1n) is 6.26. The first kappa shape index (κ1) is 16.9. The van der Waals surface area contributed by atoms with E-state index in [0.717, 1.165) is 6.07 Å². The lowest BCUT2D eigenvalue weighted by molar-refractivity contribution is 0.0697. The number of hydrogen-bond donors (Lipinski definition) is 1. The van der Waals surface area contributed by atoms with Crippen molar-refractivity contribution in [1.29, 1.82) is 0 Å². The van der Waals surface area contributed by atoms with Crippen LogP contribution in [0.1, 0.15) is 37.0 Å². The maximum Gasteiger partial charge on any atom is 0.337 e. The minimum atomic E-state index is -3.72. The van der Waals surface area contributed by atoms with Crippen LogP contribution < -0.4 is 0 Å². The van der Waals surface area contributed by atoms with Crippen molar-refractivity contribution in [2.75, 3.05) is 7.05 Å². The molecule has 0 aromatic heterocycles. The molecule has 112 valence electrons. The Morgan fingerprint density at radius 3 is 2.35 bits per heavy atom. The lowest BCUT2D eigenvalue weighted by Gasteiger charge is -2.25. The predicted molar refractivity (Wildman–Crippen MR) is 77.7 cm³/mol. The molecule has 0 aliphatic heterocycles. The van der Waals surface area contributed by atoms with E-state index in [1.54, 1.807) is 0 Å². The summed E-state index contributed by atoms with van der Waals surface area (Å²) in [6.07, 6.45) is 1.37. The molecule has 0 radical (unpaired) electrons. The van der Waals surface area contributed by atoms with Crippen LogP contribution in [0.4, 0.5) is 0 Å². The fourth-order valence-corrected chi connectivity index (χ4v) is 3.72. The van der Waals surface area contributed by atoms with Crippen molar-refractivity contribution in [2.24, 2.45) is 0 Å². The van der Waals surface area contributed by atoms with E-state index in [2.05, 4.69) is 0 Å². The van der Waals surface area contributed by atoms with Crippen LogP contribution in [0.15, 0.2) is 23.1 Å². The van der Waals surface area contributed by atoms with E-state index >= 15 is 0 Å². The third-order valence-electron chi connectivity index (χ3n) is 3.30. The van der Waals surface area contributed by atoms with Gasteiger partial charge in [-0.25, -0.2) is 13.2 Å². The molecule has 5 nitrogen and oxygen atoms in total. The van der Waals surface area contributed by atoms with Gasteiger partial charge in [-0.3, -0.25) is 0 Å². The van der Waals surface area contributed by atoms with Crippen molar-refractivity contribution in [3.63, 3.8) is 0 Å². The van der Waals surface area contributed by atoms with Crippen molar-refractivity contribution >= 4 is 27.6 Å². The van der Waals surface area contributed by atoms with E-state index < -0.39 is 16.0 Å². The van der Waals surface area contributed by atoms with Crippen LogP contribution in [-0.4, -0.2) is 36.9 Å². The van der Waals surface area contributed by atoms with Gasteiger partial charge in [0, 0.05) is 13.1 Å². The number of aromatic carboxylic acids is 1. The van der Waals surface area contributed by atoms with E-state index in [9.17, 15) is 13.2 Å². The second-order valence-corrected chi connectivity index (χ2v) is 6.84. The molecule has 1 aromatic carbocycles. The molecule has 1 rings (SSSR count). The Hall–Kier alpha value is -1.11. The van der Waals surface area contributed by atoms with Crippen LogP contribution in [0, 0.1) is 0 Å². The van der Waals surface area contributed by atoms with Crippen LogP contribution in [0.3, 0.4) is 0 Å². The summed E-state index contributed by atoms with van der Waals surface area (Å²) in [5.41, 5.74) is -0.217. The van der Waals surface area contributed by atoms with Gasteiger partial charge in [-0.1, -0.05) is 25.4 Å². The fourth-order valence-electron chi connectivity index (χ4n) is 1.99. The molecule has 0 spiro atoms. The Bertz CT molecular complexity index is 596. The highest BCUT2D eigenvalue weighted by molar-refractivity contribution is 7.89. The molecule has 0 saturated carbocycles. The molecule has 7 heteroatoms. The van der Waals surface area contributed by atoms with Gasteiger partial charge < -0.3 is 5.11 Å². The summed E-state index contributed by atoms with van der Waals surface area (Å²) in [6.45, 7) is 3.81. The number of carboxylic acid groups (broad SMARTS) is 1. The highest BCUT2D eigenvalue weighted by Gasteiger charge is 2.27. The first-order chi connectivity index (χ1) is 9.25. The number of hydrogen-bond acceptors (Lipinski definition) is 3. The van der Waals surface area contributed by atoms with E-state index in [1.165, 1.54) is 23.5 Å². The first-order valence-corrected chi connectivity index (χ1v) is 8.08. The van der Waals surface area contributed by atoms with Crippen LogP contribution in [0.25, 0.3) is 0 Å².